The topological polar surface area (TPSA) is 118 Å². The van der Waals surface area contributed by atoms with Gasteiger partial charge in [0, 0.05) is 43.8 Å². The van der Waals surface area contributed by atoms with Crippen molar-refractivity contribution in [2.45, 2.75) is 32.3 Å². The Balaban J connectivity index is 1.34. The van der Waals surface area contributed by atoms with Gasteiger partial charge in [-0.15, -0.1) is 0 Å². The van der Waals surface area contributed by atoms with Gasteiger partial charge in [-0.3, -0.25) is 14.4 Å². The molecule has 1 saturated heterocycles. The average Bonchev–Trinajstić information content (AvgIpc) is 3.25. The van der Waals surface area contributed by atoms with Crippen molar-refractivity contribution in [2.24, 2.45) is 7.05 Å². The van der Waals surface area contributed by atoms with Gasteiger partial charge in [-0.1, -0.05) is 37.1 Å². The maximum Gasteiger partial charge on any atom is 0.420 e. The predicted octanol–water partition coefficient (Wildman–Crippen LogP) is 5.94. The van der Waals surface area contributed by atoms with Crippen LogP contribution in [0.5, 0.6) is 0 Å². The number of anilines is 5. The molecule has 0 spiro atoms. The van der Waals surface area contributed by atoms with Gasteiger partial charge < -0.3 is 15.4 Å². The summed E-state index contributed by atoms with van der Waals surface area (Å²) < 4.78 is 20.6. The van der Waals surface area contributed by atoms with Gasteiger partial charge in [0.2, 0.25) is 11.9 Å². The van der Waals surface area contributed by atoms with Gasteiger partial charge in [-0.2, -0.15) is 10.1 Å². The lowest BCUT2D eigenvalue weighted by molar-refractivity contribution is -0.111. The van der Waals surface area contributed by atoms with Gasteiger partial charge in [0.15, 0.2) is 0 Å². The second kappa shape index (κ2) is 14.9. The number of hydrogen-bond donors (Lipinski definition) is 2. The number of aryl methyl sites for hydroxylation is 1. The molecule has 0 saturated carbocycles. The van der Waals surface area contributed by atoms with Crippen molar-refractivity contribution in [2.75, 3.05) is 35.2 Å². The minimum absolute atomic E-state index is 0.0836. The molecule has 228 valence electrons. The Kier molecular flexibility index (Phi) is 10.3. The Morgan fingerprint density at radius 3 is 2.59 bits per heavy atom. The molecular formula is C32H35FN8O3. The highest BCUT2D eigenvalue weighted by atomic mass is 19.1. The number of carbonyl (C=O) groups is 2. The molecule has 2 N–H and O–H groups in total. The summed E-state index contributed by atoms with van der Waals surface area (Å²) in [6.45, 7) is 2.73. The van der Waals surface area contributed by atoms with E-state index in [4.69, 9.17) is 4.74 Å². The minimum Gasteiger partial charge on any atom is -0.444 e. The molecule has 0 aliphatic carbocycles. The van der Waals surface area contributed by atoms with Crippen LogP contribution in [0, 0.1) is 5.82 Å². The molecule has 2 aromatic heterocycles. The summed E-state index contributed by atoms with van der Waals surface area (Å²) in [6.07, 6.45) is 12.5. The van der Waals surface area contributed by atoms with Crippen molar-refractivity contribution in [1.82, 2.24) is 24.6 Å². The Labute approximate surface area is 255 Å². The van der Waals surface area contributed by atoms with Crippen molar-refractivity contribution < 1.29 is 18.7 Å². The number of hydrogen-bond acceptors (Lipinski definition) is 8. The van der Waals surface area contributed by atoms with E-state index in [1.807, 2.05) is 6.08 Å². The molecule has 1 aliphatic rings. The highest BCUT2D eigenvalue weighted by molar-refractivity contribution is 6.01. The number of halogens is 1. The molecule has 0 atom stereocenters. The van der Waals surface area contributed by atoms with Gasteiger partial charge in [-0.25, -0.2) is 19.1 Å². The van der Waals surface area contributed by atoms with Gasteiger partial charge in [0.25, 0.3) is 0 Å². The van der Waals surface area contributed by atoms with Crippen molar-refractivity contribution in [1.29, 1.82) is 0 Å². The van der Waals surface area contributed by atoms with Crippen LogP contribution in [0.25, 0.3) is 0 Å². The SMILES string of the molecule is Cn1cc(Nc2nccc(N(C(=O)OCc3ccc(F)cc3)c3cccc(NC(=O)/C=C/CN4CCCCCC4)c3)n2)cn1. The molecule has 5 rings (SSSR count). The van der Waals surface area contributed by atoms with Gasteiger partial charge in [0.05, 0.1) is 17.6 Å². The fourth-order valence-electron chi connectivity index (χ4n) is 4.80. The summed E-state index contributed by atoms with van der Waals surface area (Å²) in [6, 6.07) is 14.1. The third-order valence-electron chi connectivity index (χ3n) is 6.99. The summed E-state index contributed by atoms with van der Waals surface area (Å²) in [7, 11) is 1.79. The first-order valence-electron chi connectivity index (χ1n) is 14.5. The van der Waals surface area contributed by atoms with Crippen LogP contribution in [0.15, 0.2) is 85.3 Å². The van der Waals surface area contributed by atoms with E-state index in [-0.39, 0.29) is 30.1 Å². The molecule has 4 aromatic rings. The number of aromatic nitrogens is 4. The molecule has 2 amide bonds. The van der Waals surface area contributed by atoms with Crippen molar-refractivity contribution in [3.63, 3.8) is 0 Å². The molecule has 0 radical (unpaired) electrons. The van der Waals surface area contributed by atoms with E-state index in [2.05, 4.69) is 30.6 Å². The third kappa shape index (κ3) is 8.71. The van der Waals surface area contributed by atoms with Crippen LogP contribution in [0.4, 0.5) is 38.0 Å². The maximum absolute atomic E-state index is 13.5. The summed E-state index contributed by atoms with van der Waals surface area (Å²) in [5.74, 6) is -0.179. The number of carbonyl (C=O) groups excluding carboxylic acids is 2. The Morgan fingerprint density at radius 1 is 1.05 bits per heavy atom. The molecule has 3 heterocycles. The molecule has 12 heteroatoms. The lowest BCUT2D eigenvalue weighted by Crippen LogP contribution is -2.28. The molecular weight excluding hydrogens is 563 g/mol. The maximum atomic E-state index is 13.5. The smallest absolute Gasteiger partial charge is 0.420 e. The average molecular weight is 599 g/mol. The van der Waals surface area contributed by atoms with Crippen LogP contribution in [0.1, 0.15) is 31.2 Å². The first-order valence-corrected chi connectivity index (χ1v) is 14.5. The second-order valence-electron chi connectivity index (χ2n) is 10.4. The molecule has 2 aromatic carbocycles. The number of amides is 2. The largest absolute Gasteiger partial charge is 0.444 e. The van der Waals surface area contributed by atoms with Crippen LogP contribution in [0.2, 0.25) is 0 Å². The first-order chi connectivity index (χ1) is 21.4. The number of likely N-dealkylation sites (tertiary alicyclic amines) is 1. The third-order valence-corrected chi connectivity index (χ3v) is 6.99. The Bertz CT molecular complexity index is 1580. The van der Waals surface area contributed by atoms with Crippen LogP contribution in [-0.2, 0) is 23.2 Å². The summed E-state index contributed by atoms with van der Waals surface area (Å²) >= 11 is 0. The Morgan fingerprint density at radius 2 is 1.84 bits per heavy atom. The zero-order valence-corrected chi connectivity index (χ0v) is 24.5. The number of ether oxygens (including phenoxy) is 1. The van der Waals surface area contributed by atoms with Crippen molar-refractivity contribution in [3.05, 3.63) is 96.7 Å². The lowest BCUT2D eigenvalue weighted by atomic mass is 10.2. The number of rotatable bonds is 10. The fraction of sp³-hybridized carbons (Fsp3) is 0.281. The molecule has 0 unspecified atom stereocenters. The normalized spacial score (nSPS) is 13.8. The summed E-state index contributed by atoms with van der Waals surface area (Å²) in [5.41, 5.74) is 2.19. The van der Waals surface area contributed by atoms with Gasteiger partial charge in [0.1, 0.15) is 18.2 Å². The van der Waals surface area contributed by atoms with Crippen molar-refractivity contribution in [3.8, 4) is 0 Å². The molecule has 11 nitrogen and oxygen atoms in total. The molecule has 44 heavy (non-hydrogen) atoms. The minimum atomic E-state index is -0.721. The monoisotopic (exact) mass is 598 g/mol. The Hall–Kier alpha value is -5.10. The number of benzene rings is 2. The quantitative estimate of drug-likeness (QED) is 0.216. The zero-order valence-electron chi connectivity index (χ0n) is 24.5. The highest BCUT2D eigenvalue weighted by Crippen LogP contribution is 2.28. The van der Waals surface area contributed by atoms with E-state index >= 15 is 0 Å². The second-order valence-corrected chi connectivity index (χ2v) is 10.4. The first kappa shape index (κ1) is 30.4. The van der Waals surface area contributed by atoms with Crippen LogP contribution >= 0.6 is 0 Å². The van der Waals surface area contributed by atoms with Gasteiger partial charge >= 0.3 is 6.09 Å². The predicted molar refractivity (Wildman–Crippen MR) is 166 cm³/mol. The van der Waals surface area contributed by atoms with E-state index in [1.165, 1.54) is 55.0 Å². The molecule has 1 aliphatic heterocycles. The van der Waals surface area contributed by atoms with Gasteiger partial charge in [-0.05, 0) is 61.8 Å². The van der Waals surface area contributed by atoms with Crippen LogP contribution < -0.4 is 15.5 Å². The summed E-state index contributed by atoms with van der Waals surface area (Å²) in [5, 5.41) is 10.1. The zero-order chi connectivity index (χ0) is 30.7. The van der Waals surface area contributed by atoms with E-state index in [9.17, 15) is 14.0 Å². The highest BCUT2D eigenvalue weighted by Gasteiger charge is 2.23. The standard InChI is InChI=1S/C32H35FN8O3/c1-39-22-27(21-35-39)37-31-34-16-15-29(38-31)41(32(43)44-23-24-11-13-25(33)14-12-24)28-9-6-8-26(20-28)36-30(42)10-7-19-40-17-4-2-3-5-18-40/h6-16,20-22H,2-5,17-19,23H2,1H3,(H,36,42)(H,34,37,38)/b10-7+. The summed E-state index contributed by atoms with van der Waals surface area (Å²) in [4.78, 5) is 38.7. The number of nitrogens with one attached hydrogen (secondary N) is 2. The van der Waals surface area contributed by atoms with Crippen molar-refractivity contribution >= 4 is 40.8 Å². The van der Waals surface area contributed by atoms with Crippen LogP contribution in [0.3, 0.4) is 0 Å². The van der Waals surface area contributed by atoms with E-state index in [1.54, 1.807) is 66.6 Å². The fourth-order valence-corrected chi connectivity index (χ4v) is 4.80. The van der Waals surface area contributed by atoms with Crippen LogP contribution in [-0.4, -0.2) is 56.3 Å². The molecule has 1 fully saturated rings. The molecule has 0 bridgehead atoms. The van der Waals surface area contributed by atoms with E-state index in [0.717, 1.165) is 19.6 Å². The van der Waals surface area contributed by atoms with E-state index < -0.39 is 6.09 Å². The van der Waals surface area contributed by atoms with E-state index in [0.29, 0.717) is 22.6 Å². The lowest BCUT2D eigenvalue weighted by Gasteiger charge is -2.22. The number of nitrogens with zero attached hydrogens (tertiary/aromatic N) is 6.